The minimum absolute atomic E-state index is 0.184. The van der Waals surface area contributed by atoms with Gasteiger partial charge < -0.3 is 14.7 Å². The van der Waals surface area contributed by atoms with E-state index in [4.69, 9.17) is 4.74 Å². The lowest BCUT2D eigenvalue weighted by Crippen LogP contribution is -2.33. The third-order valence-electron chi connectivity index (χ3n) is 3.80. The molecular weight excluding hydrogens is 292 g/mol. The molecule has 0 aromatic heterocycles. The van der Waals surface area contributed by atoms with Crippen molar-refractivity contribution in [2.45, 2.75) is 52.0 Å². The van der Waals surface area contributed by atoms with Crippen molar-refractivity contribution >= 4 is 6.09 Å². The average molecular weight is 320 g/mol. The van der Waals surface area contributed by atoms with Crippen molar-refractivity contribution in [2.75, 3.05) is 20.1 Å². The van der Waals surface area contributed by atoms with Crippen LogP contribution in [0.3, 0.4) is 0 Å². The third-order valence-corrected chi connectivity index (χ3v) is 3.80. The highest BCUT2D eigenvalue weighted by atomic mass is 16.6. The number of aliphatic hydroxyl groups is 1. The molecule has 0 spiro atoms. The molecular formula is C18H28N2O3. The monoisotopic (exact) mass is 320 g/mol. The Bertz CT molecular complexity index is 522. The quantitative estimate of drug-likeness (QED) is 0.926. The van der Waals surface area contributed by atoms with E-state index in [1.807, 2.05) is 32.9 Å². The highest BCUT2D eigenvalue weighted by Crippen LogP contribution is 2.15. The van der Waals surface area contributed by atoms with E-state index in [0.29, 0.717) is 6.54 Å². The SMILES string of the molecule is CN(Cc1ccc(CN2CCC(O)C2)cc1)C(=O)OC(C)(C)C. The van der Waals surface area contributed by atoms with Crippen LogP contribution in [0.1, 0.15) is 38.3 Å². The molecule has 1 heterocycles. The van der Waals surface area contributed by atoms with Gasteiger partial charge in [0.25, 0.3) is 0 Å². The summed E-state index contributed by atoms with van der Waals surface area (Å²) in [6.07, 6.45) is 0.364. The van der Waals surface area contributed by atoms with E-state index < -0.39 is 5.60 Å². The molecule has 0 radical (unpaired) electrons. The number of nitrogens with zero attached hydrogens (tertiary/aromatic N) is 2. The number of carbonyl (C=O) groups excluding carboxylic acids is 1. The minimum atomic E-state index is -0.477. The highest BCUT2D eigenvalue weighted by Gasteiger charge is 2.21. The number of carbonyl (C=O) groups is 1. The molecule has 1 atom stereocenters. The van der Waals surface area contributed by atoms with Gasteiger partial charge in [-0.2, -0.15) is 0 Å². The van der Waals surface area contributed by atoms with E-state index in [0.717, 1.165) is 31.6 Å². The summed E-state index contributed by atoms with van der Waals surface area (Å²) in [5, 5.41) is 9.56. The first-order valence-electron chi connectivity index (χ1n) is 8.15. The Morgan fingerprint density at radius 2 is 1.91 bits per heavy atom. The van der Waals surface area contributed by atoms with Gasteiger partial charge in [-0.05, 0) is 38.3 Å². The third kappa shape index (κ3) is 5.84. The summed E-state index contributed by atoms with van der Waals surface area (Å²) >= 11 is 0. The number of likely N-dealkylation sites (tertiary alicyclic amines) is 1. The molecule has 1 aliphatic rings. The second-order valence-corrected chi connectivity index (χ2v) is 7.33. The number of amides is 1. The van der Waals surface area contributed by atoms with Crippen molar-refractivity contribution in [1.82, 2.24) is 9.80 Å². The lowest BCUT2D eigenvalue weighted by atomic mass is 10.1. The lowest BCUT2D eigenvalue weighted by molar-refractivity contribution is 0.0285. The van der Waals surface area contributed by atoms with Gasteiger partial charge in [-0.15, -0.1) is 0 Å². The predicted molar refractivity (Wildman–Crippen MR) is 90.0 cm³/mol. The van der Waals surface area contributed by atoms with E-state index in [1.54, 1.807) is 11.9 Å². The van der Waals surface area contributed by atoms with E-state index in [-0.39, 0.29) is 12.2 Å². The molecule has 1 unspecified atom stereocenters. The zero-order valence-corrected chi connectivity index (χ0v) is 14.6. The molecule has 1 amide bonds. The van der Waals surface area contributed by atoms with Gasteiger partial charge in [-0.1, -0.05) is 24.3 Å². The van der Waals surface area contributed by atoms with Crippen LogP contribution in [0.15, 0.2) is 24.3 Å². The normalized spacial score (nSPS) is 18.9. The minimum Gasteiger partial charge on any atom is -0.444 e. The van der Waals surface area contributed by atoms with Crippen molar-refractivity contribution < 1.29 is 14.6 Å². The predicted octanol–water partition coefficient (Wildman–Crippen LogP) is 2.62. The van der Waals surface area contributed by atoms with Crippen LogP contribution < -0.4 is 0 Å². The summed E-state index contributed by atoms with van der Waals surface area (Å²) in [5.74, 6) is 0. The summed E-state index contributed by atoms with van der Waals surface area (Å²) in [4.78, 5) is 15.8. The van der Waals surface area contributed by atoms with Crippen molar-refractivity contribution in [3.05, 3.63) is 35.4 Å². The molecule has 5 nitrogen and oxygen atoms in total. The Morgan fingerprint density at radius 3 is 2.43 bits per heavy atom. The van der Waals surface area contributed by atoms with Crippen LogP contribution in [0.4, 0.5) is 4.79 Å². The maximum absolute atomic E-state index is 12.0. The molecule has 1 aromatic rings. The molecule has 0 aliphatic carbocycles. The summed E-state index contributed by atoms with van der Waals surface area (Å²) in [5.41, 5.74) is 1.82. The number of hydrogen-bond donors (Lipinski definition) is 1. The summed E-state index contributed by atoms with van der Waals surface area (Å²) in [6.45, 7) is 8.68. The van der Waals surface area contributed by atoms with Gasteiger partial charge in [0, 0.05) is 33.2 Å². The molecule has 128 valence electrons. The van der Waals surface area contributed by atoms with Gasteiger partial charge in [0.2, 0.25) is 0 Å². The number of rotatable bonds is 4. The van der Waals surface area contributed by atoms with E-state index in [1.165, 1.54) is 5.56 Å². The van der Waals surface area contributed by atoms with E-state index in [2.05, 4.69) is 17.0 Å². The molecule has 5 heteroatoms. The topological polar surface area (TPSA) is 53.0 Å². The second-order valence-electron chi connectivity index (χ2n) is 7.33. The molecule has 0 bridgehead atoms. The standard InChI is InChI=1S/C18H28N2O3/c1-18(2,3)23-17(22)19(4)11-14-5-7-15(8-6-14)12-20-10-9-16(21)13-20/h5-8,16,21H,9-13H2,1-4H3. The van der Waals surface area contributed by atoms with E-state index >= 15 is 0 Å². The van der Waals surface area contributed by atoms with Gasteiger partial charge in [0.05, 0.1) is 6.10 Å². The summed E-state index contributed by atoms with van der Waals surface area (Å²) in [6, 6.07) is 8.26. The van der Waals surface area contributed by atoms with Crippen LogP contribution in [0.5, 0.6) is 0 Å². The van der Waals surface area contributed by atoms with Gasteiger partial charge in [0.1, 0.15) is 5.60 Å². The molecule has 1 saturated heterocycles. The number of aliphatic hydroxyl groups excluding tert-OH is 1. The van der Waals surface area contributed by atoms with Gasteiger partial charge in [-0.3, -0.25) is 4.90 Å². The van der Waals surface area contributed by atoms with E-state index in [9.17, 15) is 9.90 Å². The summed E-state index contributed by atoms with van der Waals surface area (Å²) in [7, 11) is 1.74. The van der Waals surface area contributed by atoms with Crippen LogP contribution in [0, 0.1) is 0 Å². The molecule has 23 heavy (non-hydrogen) atoms. The number of hydrogen-bond acceptors (Lipinski definition) is 4. The number of ether oxygens (including phenoxy) is 1. The molecule has 1 aromatic carbocycles. The van der Waals surface area contributed by atoms with Crippen LogP contribution >= 0.6 is 0 Å². The number of β-amino-alcohol motifs (C(OH)–C–C–N with tert-alkyl or cyclic N) is 1. The Morgan fingerprint density at radius 1 is 1.30 bits per heavy atom. The zero-order valence-electron chi connectivity index (χ0n) is 14.6. The fourth-order valence-corrected chi connectivity index (χ4v) is 2.64. The van der Waals surface area contributed by atoms with Crippen molar-refractivity contribution in [1.29, 1.82) is 0 Å². The Balaban J connectivity index is 1.86. The molecule has 0 saturated carbocycles. The summed E-state index contributed by atoms with van der Waals surface area (Å²) < 4.78 is 5.35. The van der Waals surface area contributed by atoms with Crippen LogP contribution in [-0.2, 0) is 17.8 Å². The zero-order chi connectivity index (χ0) is 17.0. The van der Waals surface area contributed by atoms with Crippen molar-refractivity contribution in [2.24, 2.45) is 0 Å². The van der Waals surface area contributed by atoms with Crippen LogP contribution in [0.25, 0.3) is 0 Å². The Labute approximate surface area is 138 Å². The highest BCUT2D eigenvalue weighted by molar-refractivity contribution is 5.67. The average Bonchev–Trinajstić information content (AvgIpc) is 2.84. The van der Waals surface area contributed by atoms with Gasteiger partial charge in [-0.25, -0.2) is 4.79 Å². The molecule has 1 aliphatic heterocycles. The van der Waals surface area contributed by atoms with Crippen LogP contribution in [0.2, 0.25) is 0 Å². The first kappa shape index (κ1) is 17.8. The van der Waals surface area contributed by atoms with Crippen molar-refractivity contribution in [3.63, 3.8) is 0 Å². The first-order chi connectivity index (χ1) is 10.7. The lowest BCUT2D eigenvalue weighted by Gasteiger charge is -2.24. The molecule has 1 fully saturated rings. The number of benzene rings is 1. The molecule has 2 rings (SSSR count). The van der Waals surface area contributed by atoms with Crippen molar-refractivity contribution in [3.8, 4) is 0 Å². The van der Waals surface area contributed by atoms with Crippen LogP contribution in [-0.4, -0.2) is 52.8 Å². The molecule has 1 N–H and O–H groups in total. The first-order valence-corrected chi connectivity index (χ1v) is 8.15. The Hall–Kier alpha value is -1.59. The maximum Gasteiger partial charge on any atom is 0.410 e. The fourth-order valence-electron chi connectivity index (χ4n) is 2.64. The smallest absolute Gasteiger partial charge is 0.410 e. The Kier molecular flexibility index (Phi) is 5.65. The fraction of sp³-hybridized carbons (Fsp3) is 0.611. The maximum atomic E-state index is 12.0. The van der Waals surface area contributed by atoms with Gasteiger partial charge in [0.15, 0.2) is 0 Å². The second kappa shape index (κ2) is 7.32. The van der Waals surface area contributed by atoms with Gasteiger partial charge >= 0.3 is 6.09 Å². The largest absolute Gasteiger partial charge is 0.444 e.